The summed E-state index contributed by atoms with van der Waals surface area (Å²) in [6.07, 6.45) is 2.50. The Morgan fingerprint density at radius 1 is 1.04 bits per heavy atom. The highest BCUT2D eigenvalue weighted by atomic mass is 35.5. The molecule has 3 aliphatic heterocycles. The standard InChI is InChI=1S/C20H26N6O.ClH/c27-19-4-2-1-3-16(19)17-11-18-20(24-23-17)22-12-15-13-25(9-10-26(15)18)14-5-7-21-8-6-14;/h1-4,11,14-15,21,27H,5-10,12-13H2,(H,22,24);1H/t15-;/m0./s1. The van der Waals surface area contributed by atoms with Gasteiger partial charge in [0.15, 0.2) is 5.82 Å². The van der Waals surface area contributed by atoms with Gasteiger partial charge in [0.1, 0.15) is 5.75 Å². The summed E-state index contributed by atoms with van der Waals surface area (Å²) in [7, 11) is 0. The lowest BCUT2D eigenvalue weighted by atomic mass is 10.00. The monoisotopic (exact) mass is 402 g/mol. The van der Waals surface area contributed by atoms with Crippen molar-refractivity contribution in [2.45, 2.75) is 24.9 Å². The van der Waals surface area contributed by atoms with Crippen molar-refractivity contribution in [2.24, 2.45) is 0 Å². The minimum atomic E-state index is 0. The number of piperidine rings is 1. The van der Waals surface area contributed by atoms with Crippen LogP contribution in [0, 0.1) is 0 Å². The van der Waals surface area contributed by atoms with Gasteiger partial charge >= 0.3 is 0 Å². The summed E-state index contributed by atoms with van der Waals surface area (Å²) in [5.41, 5.74) is 2.54. The van der Waals surface area contributed by atoms with Crippen LogP contribution in [0.2, 0.25) is 0 Å². The second-order valence-corrected chi connectivity index (χ2v) is 7.68. The smallest absolute Gasteiger partial charge is 0.172 e. The van der Waals surface area contributed by atoms with E-state index in [0.717, 1.165) is 62.0 Å². The molecule has 1 aromatic heterocycles. The number of nitrogens with one attached hydrogen (secondary N) is 2. The van der Waals surface area contributed by atoms with Gasteiger partial charge in [-0.3, -0.25) is 4.90 Å². The molecule has 2 fully saturated rings. The summed E-state index contributed by atoms with van der Waals surface area (Å²) in [4.78, 5) is 5.15. The number of phenols is 1. The van der Waals surface area contributed by atoms with Crippen LogP contribution in [-0.4, -0.2) is 71.6 Å². The van der Waals surface area contributed by atoms with E-state index in [1.54, 1.807) is 6.07 Å². The van der Waals surface area contributed by atoms with Gasteiger partial charge in [-0.2, -0.15) is 0 Å². The van der Waals surface area contributed by atoms with Crippen LogP contribution in [0.25, 0.3) is 11.3 Å². The van der Waals surface area contributed by atoms with Gasteiger partial charge in [-0.15, -0.1) is 22.6 Å². The van der Waals surface area contributed by atoms with E-state index in [9.17, 15) is 5.11 Å². The van der Waals surface area contributed by atoms with Crippen molar-refractivity contribution in [3.05, 3.63) is 30.3 Å². The zero-order valence-electron chi connectivity index (χ0n) is 15.8. The quantitative estimate of drug-likeness (QED) is 0.708. The number of aromatic nitrogens is 2. The molecule has 3 aliphatic rings. The molecule has 0 saturated carbocycles. The molecule has 5 rings (SSSR count). The molecule has 2 aromatic rings. The van der Waals surface area contributed by atoms with Crippen molar-refractivity contribution in [1.29, 1.82) is 0 Å². The normalized spacial score (nSPS) is 22.6. The fourth-order valence-corrected chi connectivity index (χ4v) is 4.64. The van der Waals surface area contributed by atoms with E-state index >= 15 is 0 Å². The maximum Gasteiger partial charge on any atom is 0.172 e. The Morgan fingerprint density at radius 3 is 2.68 bits per heavy atom. The summed E-state index contributed by atoms with van der Waals surface area (Å²) < 4.78 is 0. The summed E-state index contributed by atoms with van der Waals surface area (Å²) in [5.74, 6) is 1.09. The first-order valence-electron chi connectivity index (χ1n) is 9.91. The molecule has 0 aliphatic carbocycles. The van der Waals surface area contributed by atoms with Crippen molar-refractivity contribution in [3.63, 3.8) is 0 Å². The van der Waals surface area contributed by atoms with Crippen LogP contribution < -0.4 is 15.5 Å². The molecule has 150 valence electrons. The van der Waals surface area contributed by atoms with E-state index in [4.69, 9.17) is 0 Å². The molecule has 3 N–H and O–H groups in total. The maximum absolute atomic E-state index is 10.2. The number of nitrogens with zero attached hydrogens (tertiary/aromatic N) is 4. The van der Waals surface area contributed by atoms with Gasteiger partial charge in [-0.05, 0) is 44.1 Å². The third-order valence-electron chi connectivity index (χ3n) is 6.11. The average Bonchev–Trinajstić information content (AvgIpc) is 2.74. The van der Waals surface area contributed by atoms with E-state index in [0.29, 0.717) is 12.1 Å². The molecule has 7 nitrogen and oxygen atoms in total. The summed E-state index contributed by atoms with van der Waals surface area (Å²) in [5, 5.41) is 25.8. The van der Waals surface area contributed by atoms with Gasteiger partial charge in [-0.25, -0.2) is 0 Å². The Kier molecular flexibility index (Phi) is 5.57. The lowest BCUT2D eigenvalue weighted by Crippen LogP contribution is -2.60. The summed E-state index contributed by atoms with van der Waals surface area (Å²) >= 11 is 0. The van der Waals surface area contributed by atoms with Gasteiger partial charge in [0.05, 0.1) is 17.4 Å². The number of anilines is 2. The number of phenolic OH excluding ortho intramolecular Hbond substituents is 1. The number of benzene rings is 1. The Labute approximate surface area is 171 Å². The zero-order chi connectivity index (χ0) is 18.2. The van der Waals surface area contributed by atoms with Crippen LogP contribution in [0.1, 0.15) is 12.8 Å². The first-order chi connectivity index (χ1) is 13.3. The first-order valence-corrected chi connectivity index (χ1v) is 9.91. The van der Waals surface area contributed by atoms with Crippen LogP contribution in [-0.2, 0) is 0 Å². The molecule has 0 bridgehead atoms. The number of fused-ring (bicyclic) bond motifs is 3. The molecule has 0 radical (unpaired) electrons. The van der Waals surface area contributed by atoms with Crippen LogP contribution in [0.4, 0.5) is 11.5 Å². The molecular weight excluding hydrogens is 376 g/mol. The Bertz CT molecular complexity index is 828. The third kappa shape index (κ3) is 3.50. The van der Waals surface area contributed by atoms with E-state index in [-0.39, 0.29) is 18.2 Å². The van der Waals surface area contributed by atoms with Crippen LogP contribution >= 0.6 is 12.4 Å². The van der Waals surface area contributed by atoms with Crippen LogP contribution in [0.5, 0.6) is 5.75 Å². The maximum atomic E-state index is 10.2. The van der Waals surface area contributed by atoms with Crippen molar-refractivity contribution >= 4 is 23.9 Å². The van der Waals surface area contributed by atoms with Gasteiger partial charge in [-0.1, -0.05) is 12.1 Å². The molecule has 0 amide bonds. The minimum absolute atomic E-state index is 0. The van der Waals surface area contributed by atoms with E-state index in [1.807, 2.05) is 18.2 Å². The van der Waals surface area contributed by atoms with Crippen molar-refractivity contribution in [1.82, 2.24) is 20.4 Å². The van der Waals surface area contributed by atoms with Crippen LogP contribution in [0.3, 0.4) is 0 Å². The lowest BCUT2D eigenvalue weighted by Gasteiger charge is -2.48. The second kappa shape index (κ2) is 8.11. The number of para-hydroxylation sites is 1. The SMILES string of the molecule is Cl.Oc1ccccc1-c1cc2c(nn1)NC[C@H]1CN(C3CCNCC3)CCN21. The fourth-order valence-electron chi connectivity index (χ4n) is 4.64. The molecule has 8 heteroatoms. The number of aromatic hydroxyl groups is 1. The Hall–Kier alpha value is -2.09. The van der Waals surface area contributed by atoms with Gasteiger partial charge < -0.3 is 20.6 Å². The second-order valence-electron chi connectivity index (χ2n) is 7.68. The topological polar surface area (TPSA) is 76.5 Å². The van der Waals surface area contributed by atoms with Crippen molar-refractivity contribution in [2.75, 3.05) is 49.5 Å². The predicted molar refractivity (Wildman–Crippen MR) is 113 cm³/mol. The highest BCUT2D eigenvalue weighted by Crippen LogP contribution is 2.36. The molecule has 4 heterocycles. The number of hydrogen-bond donors (Lipinski definition) is 3. The number of halogens is 1. The highest BCUT2D eigenvalue weighted by molar-refractivity contribution is 5.85. The third-order valence-corrected chi connectivity index (χ3v) is 6.11. The molecule has 1 atom stereocenters. The molecular formula is C20H27ClN6O. The predicted octanol–water partition coefficient (Wildman–Crippen LogP) is 1.94. The zero-order valence-corrected chi connectivity index (χ0v) is 16.7. The molecule has 0 spiro atoms. The molecule has 0 unspecified atom stereocenters. The summed E-state index contributed by atoms with van der Waals surface area (Å²) in [6, 6.07) is 10.5. The number of hydrogen-bond acceptors (Lipinski definition) is 7. The van der Waals surface area contributed by atoms with Gasteiger partial charge in [0, 0.05) is 37.8 Å². The molecule has 28 heavy (non-hydrogen) atoms. The van der Waals surface area contributed by atoms with E-state index < -0.39 is 0 Å². The summed E-state index contributed by atoms with van der Waals surface area (Å²) in [6.45, 7) is 6.36. The van der Waals surface area contributed by atoms with Crippen molar-refractivity contribution in [3.8, 4) is 17.0 Å². The van der Waals surface area contributed by atoms with Crippen molar-refractivity contribution < 1.29 is 5.11 Å². The van der Waals surface area contributed by atoms with E-state index in [1.165, 1.54) is 12.8 Å². The fraction of sp³-hybridized carbons (Fsp3) is 0.500. The molecule has 2 saturated heterocycles. The Morgan fingerprint density at radius 2 is 1.86 bits per heavy atom. The highest BCUT2D eigenvalue weighted by Gasteiger charge is 2.35. The van der Waals surface area contributed by atoms with Gasteiger partial charge in [0.2, 0.25) is 0 Å². The Balaban J connectivity index is 0.00000192. The number of piperazine rings is 1. The largest absolute Gasteiger partial charge is 0.507 e. The number of rotatable bonds is 2. The minimum Gasteiger partial charge on any atom is -0.507 e. The average molecular weight is 403 g/mol. The van der Waals surface area contributed by atoms with Gasteiger partial charge in [0.25, 0.3) is 0 Å². The first kappa shape index (κ1) is 19.2. The lowest BCUT2D eigenvalue weighted by molar-refractivity contribution is 0.135. The van der Waals surface area contributed by atoms with Crippen LogP contribution in [0.15, 0.2) is 30.3 Å². The van der Waals surface area contributed by atoms with E-state index in [2.05, 4.69) is 36.7 Å². The molecule has 1 aromatic carbocycles.